The topological polar surface area (TPSA) is 75.3 Å². The molecule has 1 rings (SSSR count). The Morgan fingerprint density at radius 3 is 1.62 bits per heavy atom. The lowest BCUT2D eigenvalue weighted by Crippen LogP contribution is -2.27. The number of hydrogen-bond donors (Lipinski definition) is 3. The first-order valence-electron chi connectivity index (χ1n) is 3.17. The minimum Gasteiger partial charge on any atom is -0.464 e. The van der Waals surface area contributed by atoms with Crippen LogP contribution in [0.4, 0.5) is 13.6 Å². The number of hydrazine groups is 1. The van der Waals surface area contributed by atoms with Crippen LogP contribution in [-0.4, -0.2) is 11.2 Å². The van der Waals surface area contributed by atoms with Crippen LogP contribution in [0.2, 0.25) is 0 Å². The second-order valence-electron chi connectivity index (χ2n) is 1.89. The van der Waals surface area contributed by atoms with Gasteiger partial charge in [0, 0.05) is 0 Å². The van der Waals surface area contributed by atoms with Crippen molar-refractivity contribution in [1.82, 2.24) is 5.43 Å². The van der Waals surface area contributed by atoms with Crippen LogP contribution in [0.25, 0.3) is 0 Å². The molecule has 1 amide bonds. The molecule has 0 fully saturated rings. The molecule has 6 heteroatoms. The minimum absolute atomic E-state index is 0.411. The number of nitrogens with two attached hydrogens (primary N) is 1. The van der Waals surface area contributed by atoms with Crippen LogP contribution in [0.5, 0.6) is 0 Å². The third kappa shape index (κ3) is 6.70. The molecule has 4 nitrogen and oxygen atoms in total. The first-order chi connectivity index (χ1) is 6.06. The lowest BCUT2D eigenvalue weighted by Gasteiger charge is -1.83. The summed E-state index contributed by atoms with van der Waals surface area (Å²) in [6.07, 6.45) is -1.22. The van der Waals surface area contributed by atoms with Gasteiger partial charge in [-0.05, 0) is 24.3 Å². The maximum atomic E-state index is 11.9. The van der Waals surface area contributed by atoms with E-state index in [9.17, 15) is 8.78 Å². The van der Waals surface area contributed by atoms with E-state index in [4.69, 9.17) is 9.90 Å². The average Bonchev–Trinajstić information content (AvgIpc) is 2.11. The van der Waals surface area contributed by atoms with Crippen LogP contribution < -0.4 is 11.3 Å². The fourth-order valence-electron chi connectivity index (χ4n) is 0.430. The summed E-state index contributed by atoms with van der Waals surface area (Å²) in [6, 6.07) is 4.31. The number of benzene rings is 1. The third-order valence-electron chi connectivity index (χ3n) is 0.927. The monoisotopic (exact) mass is 190 g/mol. The molecule has 0 saturated heterocycles. The van der Waals surface area contributed by atoms with Gasteiger partial charge in [0.2, 0.25) is 0 Å². The van der Waals surface area contributed by atoms with Gasteiger partial charge < -0.3 is 5.11 Å². The van der Waals surface area contributed by atoms with Crippen molar-refractivity contribution < 1.29 is 18.7 Å². The number of halogens is 2. The zero-order valence-corrected chi connectivity index (χ0v) is 6.50. The van der Waals surface area contributed by atoms with Gasteiger partial charge in [-0.1, -0.05) is 0 Å². The maximum absolute atomic E-state index is 11.9. The largest absolute Gasteiger partial charge is 0.464 e. The quantitative estimate of drug-likeness (QED) is 0.325. The van der Waals surface area contributed by atoms with E-state index < -0.39 is 17.7 Å². The smallest absolute Gasteiger partial charge is 0.418 e. The molecule has 0 aliphatic carbocycles. The molecule has 0 aliphatic rings. The van der Waals surface area contributed by atoms with Crippen molar-refractivity contribution >= 4 is 6.09 Å². The molecule has 72 valence electrons. The minimum atomic E-state index is -1.22. The third-order valence-corrected chi connectivity index (χ3v) is 0.927. The molecule has 0 radical (unpaired) electrons. The number of amides is 1. The van der Waals surface area contributed by atoms with Crippen LogP contribution >= 0.6 is 0 Å². The van der Waals surface area contributed by atoms with E-state index in [1.807, 2.05) is 0 Å². The maximum Gasteiger partial charge on any atom is 0.418 e. The predicted octanol–water partition coefficient (Wildman–Crippen LogP) is 1.09. The van der Waals surface area contributed by atoms with Crippen molar-refractivity contribution in [1.29, 1.82) is 0 Å². The summed E-state index contributed by atoms with van der Waals surface area (Å²) < 4.78 is 23.8. The molecule has 0 bridgehead atoms. The fraction of sp³-hybridized carbons (Fsp3) is 0. The van der Waals surface area contributed by atoms with Gasteiger partial charge in [0.1, 0.15) is 11.6 Å². The predicted molar refractivity (Wildman–Crippen MR) is 41.7 cm³/mol. The normalized spacial score (nSPS) is 8.23. The summed E-state index contributed by atoms with van der Waals surface area (Å²) in [4.78, 5) is 9.13. The van der Waals surface area contributed by atoms with Crippen LogP contribution in [0, 0.1) is 11.6 Å². The molecule has 4 N–H and O–H groups in total. The van der Waals surface area contributed by atoms with Crippen molar-refractivity contribution in [3.05, 3.63) is 35.9 Å². The van der Waals surface area contributed by atoms with Gasteiger partial charge in [-0.2, -0.15) is 0 Å². The molecular formula is C7H8F2N2O2. The van der Waals surface area contributed by atoms with Gasteiger partial charge in [-0.3, -0.25) is 5.43 Å². The molecule has 0 heterocycles. The Kier molecular flexibility index (Phi) is 5.13. The Balaban J connectivity index is 0.000000252. The van der Waals surface area contributed by atoms with Crippen LogP contribution in [-0.2, 0) is 0 Å². The first-order valence-corrected chi connectivity index (χ1v) is 3.17. The highest BCUT2D eigenvalue weighted by Crippen LogP contribution is 1.98. The van der Waals surface area contributed by atoms with Gasteiger partial charge in [0.05, 0.1) is 0 Å². The highest BCUT2D eigenvalue weighted by molar-refractivity contribution is 5.63. The summed E-state index contributed by atoms with van der Waals surface area (Å²) in [5, 5.41) is 7.49. The van der Waals surface area contributed by atoms with E-state index in [-0.39, 0.29) is 0 Å². The second-order valence-corrected chi connectivity index (χ2v) is 1.89. The number of nitrogens with one attached hydrogen (secondary N) is 1. The van der Waals surface area contributed by atoms with Gasteiger partial charge in [0.25, 0.3) is 0 Å². The SMILES string of the molecule is Fc1ccc(F)cc1.NNC(=O)O. The fourth-order valence-corrected chi connectivity index (χ4v) is 0.430. The van der Waals surface area contributed by atoms with E-state index in [0.717, 1.165) is 24.3 Å². The van der Waals surface area contributed by atoms with Crippen LogP contribution in [0.15, 0.2) is 24.3 Å². The number of carboxylic acid groups (broad SMARTS) is 1. The summed E-state index contributed by atoms with van der Waals surface area (Å²) >= 11 is 0. The average molecular weight is 190 g/mol. The number of rotatable bonds is 0. The highest BCUT2D eigenvalue weighted by atomic mass is 19.1. The number of carbonyl (C=O) groups is 1. The van der Waals surface area contributed by atoms with E-state index in [1.54, 1.807) is 0 Å². The lowest BCUT2D eigenvalue weighted by atomic mass is 10.3. The van der Waals surface area contributed by atoms with Crippen molar-refractivity contribution in [3.63, 3.8) is 0 Å². The van der Waals surface area contributed by atoms with Gasteiger partial charge in [-0.25, -0.2) is 19.4 Å². The van der Waals surface area contributed by atoms with Crippen molar-refractivity contribution in [2.75, 3.05) is 0 Å². The Bertz CT molecular complexity index is 243. The standard InChI is InChI=1S/C6H4F2.CH4N2O2/c7-5-1-2-6(8)4-3-5;2-3-1(4)5/h1-4H;3H,2H2,(H,4,5). The summed E-state index contributed by atoms with van der Waals surface area (Å²) in [5.74, 6) is 3.50. The first kappa shape index (κ1) is 11.3. The molecular weight excluding hydrogens is 182 g/mol. The Hall–Kier alpha value is -1.69. The van der Waals surface area contributed by atoms with Crippen molar-refractivity contribution in [2.45, 2.75) is 0 Å². The molecule has 0 aliphatic heterocycles. The van der Waals surface area contributed by atoms with Crippen molar-refractivity contribution in [3.8, 4) is 0 Å². The molecule has 1 aromatic rings. The zero-order valence-electron chi connectivity index (χ0n) is 6.50. The van der Waals surface area contributed by atoms with E-state index in [2.05, 4.69) is 5.84 Å². The Morgan fingerprint density at radius 1 is 1.23 bits per heavy atom. The zero-order chi connectivity index (χ0) is 10.3. The van der Waals surface area contributed by atoms with Gasteiger partial charge in [-0.15, -0.1) is 0 Å². The summed E-state index contributed by atoms with van der Waals surface area (Å²) in [6.45, 7) is 0. The van der Waals surface area contributed by atoms with E-state index in [0.29, 0.717) is 0 Å². The second kappa shape index (κ2) is 5.90. The number of hydrogen-bond acceptors (Lipinski definition) is 2. The molecule has 0 aromatic heterocycles. The van der Waals surface area contributed by atoms with Crippen LogP contribution in [0.3, 0.4) is 0 Å². The Morgan fingerprint density at radius 2 is 1.46 bits per heavy atom. The molecule has 0 spiro atoms. The summed E-state index contributed by atoms with van der Waals surface area (Å²) in [5.41, 5.74) is 1.44. The van der Waals surface area contributed by atoms with Crippen LogP contribution in [0.1, 0.15) is 0 Å². The molecule has 13 heavy (non-hydrogen) atoms. The van der Waals surface area contributed by atoms with Crippen molar-refractivity contribution in [2.24, 2.45) is 5.84 Å². The molecule has 0 unspecified atom stereocenters. The Labute approximate surface area is 72.9 Å². The van der Waals surface area contributed by atoms with Gasteiger partial charge >= 0.3 is 6.09 Å². The van der Waals surface area contributed by atoms with E-state index >= 15 is 0 Å². The highest BCUT2D eigenvalue weighted by Gasteiger charge is 1.86. The molecule has 0 atom stereocenters. The molecule has 1 aromatic carbocycles. The molecule has 0 saturated carbocycles. The summed E-state index contributed by atoms with van der Waals surface area (Å²) in [7, 11) is 0. The van der Waals surface area contributed by atoms with Gasteiger partial charge in [0.15, 0.2) is 0 Å². The van der Waals surface area contributed by atoms with E-state index in [1.165, 1.54) is 5.43 Å². The lowest BCUT2D eigenvalue weighted by molar-refractivity contribution is 0.194.